The number of nitrogens with one attached hydrogen (secondary N) is 4. The minimum absolute atomic E-state index is 0.00961. The molecule has 4 amide bonds. The highest BCUT2D eigenvalue weighted by Gasteiger charge is 2.31. The average Bonchev–Trinajstić information content (AvgIpc) is 3.27. The molecular weight excluding hydrogens is 474 g/mol. The van der Waals surface area contributed by atoms with Gasteiger partial charge in [-0.2, -0.15) is 12.6 Å². The molecule has 34 heavy (non-hydrogen) atoms. The van der Waals surface area contributed by atoms with Crippen LogP contribution in [0.3, 0.4) is 0 Å². The van der Waals surface area contributed by atoms with E-state index in [4.69, 9.17) is 16.6 Å². The third-order valence-electron chi connectivity index (χ3n) is 4.45. The van der Waals surface area contributed by atoms with E-state index in [9.17, 15) is 33.9 Å². The molecule has 4 unspecified atom stereocenters. The lowest BCUT2D eigenvalue weighted by Gasteiger charge is -2.24. The summed E-state index contributed by atoms with van der Waals surface area (Å²) in [6, 6.07) is -5.47. The van der Waals surface area contributed by atoms with Crippen molar-refractivity contribution in [3.8, 4) is 0 Å². The normalized spacial score (nSPS) is 14.2. The van der Waals surface area contributed by atoms with Gasteiger partial charge in [-0.3, -0.25) is 24.0 Å². The highest BCUT2D eigenvalue weighted by atomic mass is 32.1. The van der Waals surface area contributed by atoms with Gasteiger partial charge in [-0.1, -0.05) is 0 Å². The summed E-state index contributed by atoms with van der Waals surface area (Å²) in [4.78, 5) is 77.7. The van der Waals surface area contributed by atoms with E-state index in [2.05, 4.69) is 33.2 Å². The molecule has 1 aromatic heterocycles. The maximum atomic E-state index is 12.9. The number of nitrogens with zero attached hydrogens (tertiary/aromatic N) is 1. The molecule has 0 aliphatic heterocycles. The van der Waals surface area contributed by atoms with Crippen LogP contribution in [0.25, 0.3) is 0 Å². The van der Waals surface area contributed by atoms with Crippen molar-refractivity contribution in [3.05, 3.63) is 18.2 Å². The molecule has 0 spiro atoms. The third-order valence-corrected chi connectivity index (χ3v) is 4.84. The largest absolute Gasteiger partial charge is 0.481 e. The smallest absolute Gasteiger partial charge is 0.326 e. The van der Waals surface area contributed by atoms with E-state index in [1.54, 1.807) is 0 Å². The lowest BCUT2D eigenvalue weighted by molar-refractivity contribution is -0.144. The Morgan fingerprint density at radius 2 is 1.59 bits per heavy atom. The predicted molar refractivity (Wildman–Crippen MR) is 118 cm³/mol. The number of imidazole rings is 1. The van der Waals surface area contributed by atoms with Crippen molar-refractivity contribution in [1.29, 1.82) is 0 Å². The van der Waals surface area contributed by atoms with E-state index in [0.29, 0.717) is 5.69 Å². The molecule has 1 aromatic rings. The zero-order valence-electron chi connectivity index (χ0n) is 17.9. The SMILES string of the molecule is NC(=O)CC(NC(=O)C(CCC(=O)O)NC(=O)C(Cc1cnc[nH]1)NC(=O)C(N)CS)C(=O)O. The Bertz CT molecular complexity index is 895. The van der Waals surface area contributed by atoms with Crippen LogP contribution < -0.4 is 27.4 Å². The molecule has 0 bridgehead atoms. The minimum atomic E-state index is -1.69. The maximum absolute atomic E-state index is 12.9. The van der Waals surface area contributed by atoms with E-state index in [0.717, 1.165) is 0 Å². The summed E-state index contributed by atoms with van der Waals surface area (Å²) < 4.78 is 0. The number of rotatable bonds is 15. The highest BCUT2D eigenvalue weighted by molar-refractivity contribution is 7.80. The Morgan fingerprint density at radius 1 is 1.00 bits per heavy atom. The number of carboxylic acid groups (broad SMARTS) is 2. The van der Waals surface area contributed by atoms with E-state index >= 15 is 0 Å². The van der Waals surface area contributed by atoms with Gasteiger partial charge in [0.05, 0.1) is 18.8 Å². The molecular formula is C18H27N7O8S. The number of carbonyl (C=O) groups is 6. The summed E-state index contributed by atoms with van der Waals surface area (Å²) in [5.74, 6) is -6.47. The van der Waals surface area contributed by atoms with Gasteiger partial charge < -0.3 is 42.6 Å². The molecule has 188 valence electrons. The number of amides is 4. The first-order valence-corrected chi connectivity index (χ1v) is 10.6. The van der Waals surface area contributed by atoms with Crippen molar-refractivity contribution in [2.45, 2.75) is 49.9 Å². The highest BCUT2D eigenvalue weighted by Crippen LogP contribution is 2.05. The molecule has 0 saturated heterocycles. The number of thiol groups is 1. The van der Waals surface area contributed by atoms with Crippen LogP contribution in [0.15, 0.2) is 12.5 Å². The van der Waals surface area contributed by atoms with Crippen LogP contribution >= 0.6 is 12.6 Å². The van der Waals surface area contributed by atoms with E-state index < -0.39 is 79.0 Å². The van der Waals surface area contributed by atoms with Gasteiger partial charge in [-0.15, -0.1) is 0 Å². The van der Waals surface area contributed by atoms with Gasteiger partial charge in [0.1, 0.15) is 18.1 Å². The molecule has 15 nitrogen and oxygen atoms in total. The number of hydrogen-bond acceptors (Lipinski definition) is 9. The van der Waals surface area contributed by atoms with Crippen LogP contribution in [0, 0.1) is 0 Å². The number of hydrogen-bond donors (Lipinski definition) is 9. The number of aliphatic carboxylic acids is 2. The lowest BCUT2D eigenvalue weighted by atomic mass is 10.1. The summed E-state index contributed by atoms with van der Waals surface area (Å²) in [5.41, 5.74) is 11.1. The standard InChI is InChI=1S/C18H27N7O8S/c19-9(6-34)15(29)24-11(3-8-5-21-7-22-8)17(31)23-10(1-2-14(27)28)16(30)25-12(18(32)33)4-13(20)26/h5,7,9-12,34H,1-4,6,19H2,(H2,20,26)(H,21,22)(H,23,31)(H,24,29)(H,25,30)(H,27,28)(H,32,33). The zero-order valence-corrected chi connectivity index (χ0v) is 18.8. The number of nitrogens with two attached hydrogens (primary N) is 2. The summed E-state index contributed by atoms with van der Waals surface area (Å²) in [6.45, 7) is 0. The van der Waals surface area contributed by atoms with Gasteiger partial charge >= 0.3 is 11.9 Å². The Kier molecular flexibility index (Phi) is 11.5. The Balaban J connectivity index is 3.07. The third kappa shape index (κ3) is 9.86. The molecule has 1 rings (SSSR count). The molecule has 10 N–H and O–H groups in total. The summed E-state index contributed by atoms with van der Waals surface area (Å²) in [7, 11) is 0. The van der Waals surface area contributed by atoms with E-state index in [1.165, 1.54) is 12.5 Å². The molecule has 0 radical (unpaired) electrons. The number of aromatic nitrogens is 2. The molecule has 0 aliphatic rings. The van der Waals surface area contributed by atoms with Crippen LogP contribution in [0.5, 0.6) is 0 Å². The molecule has 16 heteroatoms. The van der Waals surface area contributed by atoms with Crippen molar-refractivity contribution < 1.29 is 39.0 Å². The van der Waals surface area contributed by atoms with Gasteiger partial charge in [0.15, 0.2) is 0 Å². The summed E-state index contributed by atoms with van der Waals surface area (Å²) in [6.07, 6.45) is 0.995. The topological polar surface area (TPSA) is 260 Å². The van der Waals surface area contributed by atoms with Crippen molar-refractivity contribution in [2.24, 2.45) is 11.5 Å². The molecule has 1 heterocycles. The van der Waals surface area contributed by atoms with Gasteiger partial charge in [0.25, 0.3) is 0 Å². The van der Waals surface area contributed by atoms with Gasteiger partial charge in [0.2, 0.25) is 23.6 Å². The monoisotopic (exact) mass is 501 g/mol. The minimum Gasteiger partial charge on any atom is -0.481 e. The fourth-order valence-corrected chi connectivity index (χ4v) is 2.84. The summed E-state index contributed by atoms with van der Waals surface area (Å²) in [5, 5.41) is 24.9. The van der Waals surface area contributed by atoms with Gasteiger partial charge in [-0.25, -0.2) is 9.78 Å². The van der Waals surface area contributed by atoms with Crippen LogP contribution in [0.1, 0.15) is 25.0 Å². The van der Waals surface area contributed by atoms with Crippen molar-refractivity contribution in [1.82, 2.24) is 25.9 Å². The number of carbonyl (C=O) groups excluding carboxylic acids is 4. The fraction of sp³-hybridized carbons (Fsp3) is 0.500. The number of aromatic amines is 1. The molecule has 0 saturated carbocycles. The summed E-state index contributed by atoms with van der Waals surface area (Å²) >= 11 is 3.93. The maximum Gasteiger partial charge on any atom is 0.326 e. The Hall–Kier alpha value is -3.66. The van der Waals surface area contributed by atoms with E-state index in [-0.39, 0.29) is 12.2 Å². The van der Waals surface area contributed by atoms with Crippen LogP contribution in [-0.2, 0) is 35.2 Å². The second-order valence-electron chi connectivity index (χ2n) is 7.19. The molecule has 0 aliphatic carbocycles. The van der Waals surface area contributed by atoms with Gasteiger partial charge in [-0.05, 0) is 6.42 Å². The number of carboxylic acids is 2. The second kappa shape index (κ2) is 13.8. The molecule has 0 aromatic carbocycles. The predicted octanol–water partition coefficient (Wildman–Crippen LogP) is -3.51. The van der Waals surface area contributed by atoms with Crippen LogP contribution in [0.2, 0.25) is 0 Å². The first-order chi connectivity index (χ1) is 15.9. The number of H-pyrrole nitrogens is 1. The first kappa shape index (κ1) is 28.4. The Morgan fingerprint density at radius 3 is 2.09 bits per heavy atom. The van der Waals surface area contributed by atoms with Crippen LogP contribution in [-0.4, -0.2) is 85.7 Å². The zero-order chi connectivity index (χ0) is 25.8. The lowest BCUT2D eigenvalue weighted by Crippen LogP contribution is -2.58. The van der Waals surface area contributed by atoms with Crippen LogP contribution in [0.4, 0.5) is 0 Å². The average molecular weight is 502 g/mol. The van der Waals surface area contributed by atoms with Crippen molar-refractivity contribution >= 4 is 48.2 Å². The van der Waals surface area contributed by atoms with E-state index in [1.807, 2.05) is 5.32 Å². The van der Waals surface area contributed by atoms with Crippen molar-refractivity contribution in [2.75, 3.05) is 5.75 Å². The van der Waals surface area contributed by atoms with Crippen molar-refractivity contribution in [3.63, 3.8) is 0 Å². The quantitative estimate of drug-likeness (QED) is 0.107. The van der Waals surface area contributed by atoms with Gasteiger partial charge in [0, 0.05) is 30.5 Å². The first-order valence-electron chi connectivity index (χ1n) is 9.92. The second-order valence-corrected chi connectivity index (χ2v) is 7.56. The Labute approximate surface area is 198 Å². The molecule has 0 fully saturated rings. The number of primary amides is 1. The molecule has 4 atom stereocenters. The fourth-order valence-electron chi connectivity index (χ4n) is 2.67.